The largest absolute Gasteiger partial charge is 0.478 e. The van der Waals surface area contributed by atoms with E-state index in [0.717, 1.165) is 10.8 Å². The molecule has 0 spiro atoms. The van der Waals surface area contributed by atoms with Crippen molar-refractivity contribution < 1.29 is 9.90 Å². The average Bonchev–Trinajstić information content (AvgIpc) is 2.44. The summed E-state index contributed by atoms with van der Waals surface area (Å²) in [5, 5.41) is 9.03. The molecule has 0 amide bonds. The number of aromatic carboxylic acids is 1. The second-order valence-electron chi connectivity index (χ2n) is 4.00. The van der Waals surface area contributed by atoms with Gasteiger partial charge in [0, 0.05) is 25.0 Å². The summed E-state index contributed by atoms with van der Waals surface area (Å²) in [6.45, 7) is 1.97. The standard InChI is InChI=1S/C12H12N4O4/c1-2-15-4-3-10(17)16(12(15)20)6-9-8(11(18)19)5-13-7-14-9/h3-5,7H,2,6H2,1H3,(H,18,19). The first-order valence-electron chi connectivity index (χ1n) is 5.87. The van der Waals surface area contributed by atoms with Gasteiger partial charge in [-0.25, -0.2) is 19.6 Å². The fraction of sp³-hybridized carbons (Fsp3) is 0.250. The Morgan fingerprint density at radius 3 is 2.80 bits per heavy atom. The quantitative estimate of drug-likeness (QED) is 0.811. The molecular weight excluding hydrogens is 264 g/mol. The van der Waals surface area contributed by atoms with Crippen LogP contribution in [-0.2, 0) is 13.1 Å². The van der Waals surface area contributed by atoms with Gasteiger partial charge in [-0.05, 0) is 6.92 Å². The minimum absolute atomic E-state index is 0.112. The van der Waals surface area contributed by atoms with E-state index in [1.165, 1.54) is 23.2 Å². The molecule has 0 bridgehead atoms. The third-order valence-electron chi connectivity index (χ3n) is 2.81. The van der Waals surface area contributed by atoms with E-state index in [-0.39, 0.29) is 17.8 Å². The first-order chi connectivity index (χ1) is 9.54. The highest BCUT2D eigenvalue weighted by molar-refractivity contribution is 5.88. The van der Waals surface area contributed by atoms with Crippen molar-refractivity contribution in [1.82, 2.24) is 19.1 Å². The highest BCUT2D eigenvalue weighted by Crippen LogP contribution is 2.04. The molecule has 0 atom stereocenters. The lowest BCUT2D eigenvalue weighted by atomic mass is 10.2. The Balaban J connectivity index is 2.54. The van der Waals surface area contributed by atoms with Gasteiger partial charge in [-0.1, -0.05) is 0 Å². The number of aromatic nitrogens is 4. The molecule has 2 rings (SSSR count). The average molecular weight is 276 g/mol. The van der Waals surface area contributed by atoms with E-state index in [0.29, 0.717) is 6.54 Å². The Bertz CT molecular complexity index is 763. The van der Waals surface area contributed by atoms with Crippen molar-refractivity contribution in [2.45, 2.75) is 20.0 Å². The molecule has 8 nitrogen and oxygen atoms in total. The van der Waals surface area contributed by atoms with E-state index in [1.54, 1.807) is 6.92 Å². The predicted molar refractivity (Wildman–Crippen MR) is 68.7 cm³/mol. The summed E-state index contributed by atoms with van der Waals surface area (Å²) in [5.41, 5.74) is -1.03. The minimum atomic E-state index is -1.21. The van der Waals surface area contributed by atoms with Crippen LogP contribution in [0.1, 0.15) is 23.0 Å². The SMILES string of the molecule is CCn1ccc(=O)n(Cc2ncncc2C(=O)O)c1=O. The Morgan fingerprint density at radius 2 is 2.15 bits per heavy atom. The third-order valence-corrected chi connectivity index (χ3v) is 2.81. The number of aryl methyl sites for hydroxylation is 1. The van der Waals surface area contributed by atoms with Crippen LogP contribution in [0.2, 0.25) is 0 Å². The zero-order valence-electron chi connectivity index (χ0n) is 10.7. The molecule has 0 aliphatic rings. The van der Waals surface area contributed by atoms with Gasteiger partial charge in [0.1, 0.15) is 11.9 Å². The van der Waals surface area contributed by atoms with Crippen molar-refractivity contribution in [2.75, 3.05) is 0 Å². The molecule has 1 N–H and O–H groups in total. The van der Waals surface area contributed by atoms with Crippen LogP contribution in [0.3, 0.4) is 0 Å². The van der Waals surface area contributed by atoms with E-state index in [1.807, 2.05) is 0 Å². The van der Waals surface area contributed by atoms with Gasteiger partial charge >= 0.3 is 11.7 Å². The third kappa shape index (κ3) is 2.48. The van der Waals surface area contributed by atoms with Gasteiger partial charge in [-0.3, -0.25) is 9.36 Å². The van der Waals surface area contributed by atoms with Gasteiger partial charge in [0.15, 0.2) is 0 Å². The number of hydrogen-bond acceptors (Lipinski definition) is 5. The minimum Gasteiger partial charge on any atom is -0.478 e. The Hall–Kier alpha value is -2.77. The summed E-state index contributed by atoms with van der Waals surface area (Å²) >= 11 is 0. The second-order valence-corrected chi connectivity index (χ2v) is 4.00. The number of hydrogen-bond donors (Lipinski definition) is 1. The maximum Gasteiger partial charge on any atom is 0.339 e. The van der Waals surface area contributed by atoms with Gasteiger partial charge in [0.25, 0.3) is 5.56 Å². The van der Waals surface area contributed by atoms with Crippen molar-refractivity contribution in [3.05, 3.63) is 56.9 Å². The molecule has 0 saturated carbocycles. The van der Waals surface area contributed by atoms with Crippen molar-refractivity contribution in [1.29, 1.82) is 0 Å². The van der Waals surface area contributed by atoms with Gasteiger partial charge in [-0.2, -0.15) is 0 Å². The molecule has 104 valence electrons. The van der Waals surface area contributed by atoms with Gasteiger partial charge in [0.05, 0.1) is 12.2 Å². The van der Waals surface area contributed by atoms with Crippen LogP contribution in [0.25, 0.3) is 0 Å². The zero-order chi connectivity index (χ0) is 14.7. The number of carboxylic acid groups (broad SMARTS) is 1. The van der Waals surface area contributed by atoms with Crippen LogP contribution in [0.15, 0.2) is 34.4 Å². The number of carboxylic acids is 1. The van der Waals surface area contributed by atoms with Gasteiger partial charge in [0.2, 0.25) is 0 Å². The fourth-order valence-corrected chi connectivity index (χ4v) is 1.75. The lowest BCUT2D eigenvalue weighted by Crippen LogP contribution is -2.39. The monoisotopic (exact) mass is 276 g/mol. The van der Waals surface area contributed by atoms with Crippen LogP contribution in [0.5, 0.6) is 0 Å². The normalized spacial score (nSPS) is 10.4. The first-order valence-corrected chi connectivity index (χ1v) is 5.87. The molecule has 0 aliphatic heterocycles. The van der Waals surface area contributed by atoms with E-state index >= 15 is 0 Å². The van der Waals surface area contributed by atoms with Crippen LogP contribution >= 0.6 is 0 Å². The molecular formula is C12H12N4O4. The molecule has 2 heterocycles. The first kappa shape index (κ1) is 13.7. The van der Waals surface area contributed by atoms with Crippen LogP contribution in [-0.4, -0.2) is 30.2 Å². The Labute approximate surface area is 113 Å². The summed E-state index contributed by atoms with van der Waals surface area (Å²) < 4.78 is 2.29. The Kier molecular flexibility index (Phi) is 3.74. The van der Waals surface area contributed by atoms with E-state index in [2.05, 4.69) is 9.97 Å². The van der Waals surface area contributed by atoms with E-state index in [4.69, 9.17) is 5.11 Å². The number of rotatable bonds is 4. The fourth-order valence-electron chi connectivity index (χ4n) is 1.75. The maximum atomic E-state index is 12.0. The Morgan fingerprint density at radius 1 is 1.40 bits per heavy atom. The summed E-state index contributed by atoms with van der Waals surface area (Å²) in [4.78, 5) is 42.3. The molecule has 0 unspecified atom stereocenters. The lowest BCUT2D eigenvalue weighted by Gasteiger charge is -2.08. The van der Waals surface area contributed by atoms with Crippen molar-refractivity contribution in [2.24, 2.45) is 0 Å². The van der Waals surface area contributed by atoms with Gasteiger partial charge < -0.3 is 9.67 Å². The lowest BCUT2D eigenvalue weighted by molar-refractivity contribution is 0.0694. The van der Waals surface area contributed by atoms with E-state index in [9.17, 15) is 14.4 Å². The summed E-state index contributed by atoms with van der Waals surface area (Å²) in [6, 6.07) is 1.26. The molecule has 2 aromatic rings. The van der Waals surface area contributed by atoms with Crippen LogP contribution < -0.4 is 11.2 Å². The highest BCUT2D eigenvalue weighted by Gasteiger charge is 2.14. The van der Waals surface area contributed by atoms with Crippen LogP contribution in [0.4, 0.5) is 0 Å². The molecule has 0 aromatic carbocycles. The maximum absolute atomic E-state index is 12.0. The summed E-state index contributed by atoms with van der Waals surface area (Å²) in [5.74, 6) is -1.21. The predicted octanol–water partition coefficient (Wildman–Crippen LogP) is -0.434. The number of nitrogens with zero attached hydrogens (tertiary/aromatic N) is 4. The molecule has 2 aromatic heterocycles. The van der Waals surface area contributed by atoms with Gasteiger partial charge in [-0.15, -0.1) is 0 Å². The molecule has 0 saturated heterocycles. The van der Waals surface area contributed by atoms with Crippen molar-refractivity contribution >= 4 is 5.97 Å². The molecule has 8 heteroatoms. The van der Waals surface area contributed by atoms with Crippen molar-refractivity contribution in [3.8, 4) is 0 Å². The smallest absolute Gasteiger partial charge is 0.339 e. The van der Waals surface area contributed by atoms with Crippen molar-refractivity contribution in [3.63, 3.8) is 0 Å². The van der Waals surface area contributed by atoms with E-state index < -0.39 is 17.2 Å². The highest BCUT2D eigenvalue weighted by atomic mass is 16.4. The summed E-state index contributed by atoms with van der Waals surface area (Å²) in [6.07, 6.45) is 3.71. The summed E-state index contributed by atoms with van der Waals surface area (Å²) in [7, 11) is 0. The second kappa shape index (κ2) is 5.47. The molecule has 20 heavy (non-hydrogen) atoms. The molecule has 0 aliphatic carbocycles. The molecule has 0 radical (unpaired) electrons. The number of carbonyl (C=O) groups is 1. The topological polar surface area (TPSA) is 107 Å². The zero-order valence-corrected chi connectivity index (χ0v) is 10.7. The molecule has 0 fully saturated rings. The van der Waals surface area contributed by atoms with Crippen LogP contribution in [0, 0.1) is 0 Å².